The number of hydrogen-bond acceptors (Lipinski definition) is 5. The molecular formula is C29H38N4O4. The summed E-state index contributed by atoms with van der Waals surface area (Å²) in [5.74, 6) is -0.591. The maximum absolute atomic E-state index is 13.8. The van der Waals surface area contributed by atoms with E-state index in [4.69, 9.17) is 10.5 Å². The smallest absolute Gasteiger partial charge is 0.247 e. The molecule has 0 saturated carbocycles. The summed E-state index contributed by atoms with van der Waals surface area (Å²) in [6.07, 6.45) is 1.35. The molecule has 3 amide bonds. The number of hydrogen-bond donors (Lipinski definition) is 2. The van der Waals surface area contributed by atoms with Gasteiger partial charge in [-0.15, -0.1) is 0 Å². The molecule has 8 heteroatoms. The van der Waals surface area contributed by atoms with E-state index in [2.05, 4.69) is 17.4 Å². The summed E-state index contributed by atoms with van der Waals surface area (Å²) in [5, 5.41) is 2.82. The molecule has 0 radical (unpaired) electrons. The lowest BCUT2D eigenvalue weighted by atomic mass is 9.84. The van der Waals surface area contributed by atoms with E-state index in [0.717, 1.165) is 11.1 Å². The maximum atomic E-state index is 13.8. The molecule has 4 rings (SSSR count). The van der Waals surface area contributed by atoms with Crippen LogP contribution in [0.5, 0.6) is 0 Å². The zero-order valence-corrected chi connectivity index (χ0v) is 22.0. The molecule has 0 aromatic heterocycles. The van der Waals surface area contributed by atoms with Gasteiger partial charge < -0.3 is 25.6 Å². The predicted octanol–water partition coefficient (Wildman–Crippen LogP) is 2.12. The lowest BCUT2D eigenvalue weighted by Gasteiger charge is -2.48. The molecule has 2 aliphatic rings. The van der Waals surface area contributed by atoms with Gasteiger partial charge in [-0.1, -0.05) is 67.6 Å². The summed E-state index contributed by atoms with van der Waals surface area (Å²) in [4.78, 5) is 43.4. The number of nitrogens with two attached hydrogens (primary N) is 1. The van der Waals surface area contributed by atoms with E-state index in [9.17, 15) is 14.4 Å². The Morgan fingerprint density at radius 3 is 2.32 bits per heavy atom. The highest BCUT2D eigenvalue weighted by molar-refractivity contribution is 5.92. The summed E-state index contributed by atoms with van der Waals surface area (Å²) in [7, 11) is 0. The number of carbonyl (C=O) groups excluding carboxylic acids is 3. The highest BCUT2D eigenvalue weighted by Crippen LogP contribution is 2.39. The molecule has 3 atom stereocenters. The van der Waals surface area contributed by atoms with E-state index in [1.54, 1.807) is 18.7 Å². The van der Waals surface area contributed by atoms with Crippen LogP contribution < -0.4 is 11.1 Å². The van der Waals surface area contributed by atoms with Gasteiger partial charge in [-0.2, -0.15) is 0 Å². The minimum atomic E-state index is -1.14. The molecule has 2 aromatic rings. The van der Waals surface area contributed by atoms with Crippen LogP contribution in [0.15, 0.2) is 60.7 Å². The van der Waals surface area contributed by atoms with Crippen molar-refractivity contribution in [1.82, 2.24) is 15.1 Å². The van der Waals surface area contributed by atoms with Crippen LogP contribution in [0.3, 0.4) is 0 Å². The van der Waals surface area contributed by atoms with E-state index in [1.165, 1.54) is 0 Å². The Kier molecular flexibility index (Phi) is 7.99. The molecule has 0 aliphatic carbocycles. The Hall–Kier alpha value is -3.23. The second kappa shape index (κ2) is 11.0. The van der Waals surface area contributed by atoms with Gasteiger partial charge in [0.2, 0.25) is 17.7 Å². The molecule has 2 heterocycles. The van der Waals surface area contributed by atoms with Crippen LogP contribution in [0.4, 0.5) is 0 Å². The first-order valence-electron chi connectivity index (χ1n) is 12.9. The van der Waals surface area contributed by atoms with E-state index < -0.39 is 23.0 Å². The van der Waals surface area contributed by atoms with Gasteiger partial charge in [0.25, 0.3) is 0 Å². The van der Waals surface area contributed by atoms with Crippen molar-refractivity contribution >= 4 is 17.7 Å². The van der Waals surface area contributed by atoms with Crippen molar-refractivity contribution < 1.29 is 19.1 Å². The number of carbonyl (C=O) groups is 3. The van der Waals surface area contributed by atoms with Gasteiger partial charge in [0.1, 0.15) is 6.04 Å². The molecule has 0 bridgehead atoms. The molecule has 1 unspecified atom stereocenters. The number of ether oxygens (including phenoxy) is 1. The Balaban J connectivity index is 1.53. The van der Waals surface area contributed by atoms with E-state index in [0.29, 0.717) is 39.1 Å². The maximum Gasteiger partial charge on any atom is 0.247 e. The van der Waals surface area contributed by atoms with E-state index >= 15 is 0 Å². The first-order chi connectivity index (χ1) is 17.6. The lowest BCUT2D eigenvalue weighted by molar-refractivity contribution is -0.147. The number of rotatable bonds is 9. The Bertz CT molecular complexity index is 1100. The molecule has 37 heavy (non-hydrogen) atoms. The van der Waals surface area contributed by atoms with Crippen LogP contribution in [-0.2, 0) is 32.1 Å². The summed E-state index contributed by atoms with van der Waals surface area (Å²) >= 11 is 0. The highest BCUT2D eigenvalue weighted by Gasteiger charge is 2.53. The molecule has 198 valence electrons. The molecule has 2 aromatic carbocycles. The molecule has 2 aliphatic heterocycles. The Morgan fingerprint density at radius 2 is 1.70 bits per heavy atom. The normalized spacial score (nSPS) is 22.5. The quantitative estimate of drug-likeness (QED) is 0.542. The van der Waals surface area contributed by atoms with Crippen molar-refractivity contribution in [1.29, 1.82) is 0 Å². The SMILES string of the molecule is CC1C[C@]2(Cc3ccccc3)CN(C(=O)[C@@H](COCc3ccccc3)NC(=O)C(C)(C)N)CCN2C1=O. The predicted molar refractivity (Wildman–Crippen MR) is 141 cm³/mol. The first kappa shape index (κ1) is 26.8. The number of amides is 3. The van der Waals surface area contributed by atoms with E-state index in [-0.39, 0.29) is 24.3 Å². The Morgan fingerprint density at radius 1 is 1.08 bits per heavy atom. The van der Waals surface area contributed by atoms with Crippen LogP contribution in [0.25, 0.3) is 0 Å². The standard InChI is InChI=1S/C29H38N4O4/c1-21-16-29(17-22-10-6-4-7-11-22)20-32(14-15-33(29)25(21)34)26(35)24(31-27(36)28(2,3)30)19-37-18-23-12-8-5-9-13-23/h4-13,21,24H,14-20,30H2,1-3H3,(H,31,36)/t21?,24-,29+/m1/s1. The van der Waals surface area contributed by atoms with Crippen molar-refractivity contribution in [2.24, 2.45) is 11.7 Å². The number of benzene rings is 2. The molecule has 2 saturated heterocycles. The van der Waals surface area contributed by atoms with Crippen molar-refractivity contribution in [2.45, 2.75) is 57.3 Å². The number of nitrogens with one attached hydrogen (secondary N) is 1. The number of piperazine rings is 1. The molecule has 8 nitrogen and oxygen atoms in total. The van der Waals surface area contributed by atoms with Crippen LogP contribution in [0, 0.1) is 5.92 Å². The fourth-order valence-corrected chi connectivity index (χ4v) is 5.42. The van der Waals surface area contributed by atoms with Gasteiger partial charge in [0, 0.05) is 25.6 Å². The summed E-state index contributed by atoms with van der Waals surface area (Å²) in [6.45, 7) is 6.81. The Labute approximate surface area is 219 Å². The van der Waals surface area contributed by atoms with Crippen LogP contribution in [0.2, 0.25) is 0 Å². The van der Waals surface area contributed by atoms with Gasteiger partial charge in [-0.3, -0.25) is 14.4 Å². The van der Waals surface area contributed by atoms with Gasteiger partial charge in [0.15, 0.2) is 0 Å². The summed E-state index contributed by atoms with van der Waals surface area (Å²) in [5.41, 5.74) is 6.51. The fourth-order valence-electron chi connectivity index (χ4n) is 5.42. The second-order valence-corrected chi connectivity index (χ2v) is 11.0. The van der Waals surface area contributed by atoms with Gasteiger partial charge in [0.05, 0.1) is 24.3 Å². The van der Waals surface area contributed by atoms with Crippen molar-refractivity contribution in [2.75, 3.05) is 26.2 Å². The summed E-state index contributed by atoms with van der Waals surface area (Å²) < 4.78 is 5.88. The van der Waals surface area contributed by atoms with Crippen molar-refractivity contribution in [3.63, 3.8) is 0 Å². The lowest BCUT2D eigenvalue weighted by Crippen LogP contribution is -2.65. The third-order valence-corrected chi connectivity index (χ3v) is 7.30. The monoisotopic (exact) mass is 506 g/mol. The highest BCUT2D eigenvalue weighted by atomic mass is 16.5. The average molecular weight is 507 g/mol. The van der Waals surface area contributed by atoms with Crippen LogP contribution >= 0.6 is 0 Å². The van der Waals surface area contributed by atoms with Crippen LogP contribution in [0.1, 0.15) is 38.3 Å². The van der Waals surface area contributed by atoms with Crippen LogP contribution in [-0.4, -0.2) is 70.9 Å². The van der Waals surface area contributed by atoms with E-state index in [1.807, 2.05) is 60.4 Å². The molecule has 2 fully saturated rings. The minimum absolute atomic E-state index is 0.0246. The average Bonchev–Trinajstić information content (AvgIpc) is 3.12. The molecule has 3 N–H and O–H groups in total. The van der Waals surface area contributed by atoms with Gasteiger partial charge in [-0.05, 0) is 37.8 Å². The topological polar surface area (TPSA) is 105 Å². The third-order valence-electron chi connectivity index (χ3n) is 7.30. The zero-order chi connectivity index (χ0) is 26.6. The van der Waals surface area contributed by atoms with Crippen molar-refractivity contribution in [3.8, 4) is 0 Å². The zero-order valence-electron chi connectivity index (χ0n) is 22.0. The third kappa shape index (κ3) is 6.19. The minimum Gasteiger partial charge on any atom is -0.374 e. The largest absolute Gasteiger partial charge is 0.374 e. The fraction of sp³-hybridized carbons (Fsp3) is 0.483. The molecular weight excluding hydrogens is 468 g/mol. The summed E-state index contributed by atoms with van der Waals surface area (Å²) in [6, 6.07) is 18.9. The number of nitrogens with zero attached hydrogens (tertiary/aromatic N) is 2. The first-order valence-corrected chi connectivity index (χ1v) is 12.9. The van der Waals surface area contributed by atoms with Gasteiger partial charge >= 0.3 is 0 Å². The molecule has 0 spiro atoms. The number of fused-ring (bicyclic) bond motifs is 1. The van der Waals surface area contributed by atoms with Gasteiger partial charge in [-0.25, -0.2) is 0 Å². The second-order valence-electron chi connectivity index (χ2n) is 11.0. The van der Waals surface area contributed by atoms with Crippen molar-refractivity contribution in [3.05, 3.63) is 71.8 Å².